The monoisotopic (exact) mass is 540 g/mol. The molecule has 0 radical (unpaired) electrons. The highest BCUT2D eigenvalue weighted by molar-refractivity contribution is 7.99. The summed E-state index contributed by atoms with van der Waals surface area (Å²) in [7, 11) is 0. The third-order valence-electron chi connectivity index (χ3n) is 5.59. The molecule has 0 amide bonds. The van der Waals surface area contributed by atoms with Crippen molar-refractivity contribution in [1.29, 1.82) is 0 Å². The SMILES string of the molecule is O=[N+]([O-])c1ccccc1/C(CSc1nnc2c(n1)[nH]c1ccccc12)=N\c1nnc(-c2cccc(O)c2)s1. The number of aliphatic imine (C=N–C) groups is 1. The van der Waals surface area contributed by atoms with Crippen molar-refractivity contribution in [3.63, 3.8) is 0 Å². The molecule has 3 heterocycles. The average Bonchev–Trinajstić information content (AvgIpc) is 3.55. The fourth-order valence-corrected chi connectivity index (χ4v) is 5.36. The summed E-state index contributed by atoms with van der Waals surface area (Å²) < 4.78 is 0. The molecule has 13 heteroatoms. The zero-order chi connectivity index (χ0) is 26.1. The minimum absolute atomic E-state index is 0.0744. The fourth-order valence-electron chi connectivity index (χ4n) is 3.88. The average molecular weight is 541 g/mol. The normalized spacial score (nSPS) is 11.8. The lowest BCUT2D eigenvalue weighted by Crippen LogP contribution is -2.08. The second-order valence-electron chi connectivity index (χ2n) is 8.02. The molecule has 0 saturated heterocycles. The fraction of sp³-hybridized carbons (Fsp3) is 0.0400. The molecular weight excluding hydrogens is 524 g/mol. The van der Waals surface area contributed by atoms with Gasteiger partial charge in [-0.3, -0.25) is 10.1 Å². The smallest absolute Gasteiger partial charge is 0.278 e. The van der Waals surface area contributed by atoms with E-state index in [-0.39, 0.29) is 17.2 Å². The van der Waals surface area contributed by atoms with Gasteiger partial charge in [-0.15, -0.1) is 20.4 Å². The molecule has 0 saturated carbocycles. The summed E-state index contributed by atoms with van der Waals surface area (Å²) in [6.07, 6.45) is 0. The summed E-state index contributed by atoms with van der Waals surface area (Å²) in [6.45, 7) is 0. The largest absolute Gasteiger partial charge is 0.508 e. The number of H-pyrrole nitrogens is 1. The number of thioether (sulfide) groups is 1. The van der Waals surface area contributed by atoms with Crippen LogP contribution in [0.1, 0.15) is 5.56 Å². The number of aromatic amines is 1. The summed E-state index contributed by atoms with van der Waals surface area (Å²) in [4.78, 5) is 23.8. The van der Waals surface area contributed by atoms with Crippen molar-refractivity contribution >= 4 is 61.7 Å². The van der Waals surface area contributed by atoms with Crippen LogP contribution in [0.3, 0.4) is 0 Å². The van der Waals surface area contributed by atoms with Crippen LogP contribution in [0.15, 0.2) is 82.9 Å². The van der Waals surface area contributed by atoms with E-state index in [4.69, 9.17) is 0 Å². The minimum atomic E-state index is -0.442. The Morgan fingerprint density at radius 1 is 1.03 bits per heavy atom. The van der Waals surface area contributed by atoms with Crippen LogP contribution in [0, 0.1) is 10.1 Å². The van der Waals surface area contributed by atoms with E-state index in [1.165, 1.54) is 29.2 Å². The summed E-state index contributed by atoms with van der Waals surface area (Å²) in [5.74, 6) is 0.333. The molecule has 0 spiro atoms. The molecule has 3 aromatic carbocycles. The number of aromatic hydroxyl groups is 1. The third-order valence-corrected chi connectivity index (χ3v) is 7.31. The van der Waals surface area contributed by atoms with Crippen molar-refractivity contribution in [3.8, 4) is 16.3 Å². The number of nitro groups is 1. The van der Waals surface area contributed by atoms with Gasteiger partial charge in [0.05, 0.1) is 16.2 Å². The number of phenols is 1. The molecule has 0 unspecified atom stereocenters. The first kappa shape index (κ1) is 23.6. The lowest BCUT2D eigenvalue weighted by molar-refractivity contribution is -0.385. The van der Waals surface area contributed by atoms with Gasteiger partial charge >= 0.3 is 0 Å². The van der Waals surface area contributed by atoms with Gasteiger partial charge in [-0.2, -0.15) is 0 Å². The standard InChI is InChI=1S/C25H16N8O3S2/c34-15-7-5-6-14(12-15)23-30-32-25(38-23)27-19(16-8-2-4-11-20(16)33(35)36)13-37-24-28-22-21(29-31-24)17-9-1-3-10-18(17)26-22/h1-12,34H,13H2,(H,26,28,31)/b27-19-. The maximum atomic E-state index is 11.8. The van der Waals surface area contributed by atoms with E-state index in [0.29, 0.717) is 43.3 Å². The Morgan fingerprint density at radius 3 is 2.74 bits per heavy atom. The molecule has 6 aromatic rings. The first-order valence-electron chi connectivity index (χ1n) is 11.2. The number of benzene rings is 3. The summed E-state index contributed by atoms with van der Waals surface area (Å²) in [5, 5.41) is 40.7. The molecular formula is C25H16N8O3S2. The predicted octanol–water partition coefficient (Wildman–Crippen LogP) is 5.55. The summed E-state index contributed by atoms with van der Waals surface area (Å²) in [6, 6.07) is 20.8. The topological polar surface area (TPSA) is 156 Å². The lowest BCUT2D eigenvalue weighted by Gasteiger charge is -2.06. The van der Waals surface area contributed by atoms with Gasteiger partial charge in [-0.25, -0.2) is 9.98 Å². The maximum absolute atomic E-state index is 11.8. The number of hydrogen-bond acceptors (Lipinski definition) is 11. The maximum Gasteiger partial charge on any atom is 0.278 e. The van der Waals surface area contributed by atoms with E-state index >= 15 is 0 Å². The van der Waals surface area contributed by atoms with Crippen LogP contribution in [0.2, 0.25) is 0 Å². The molecule has 0 bridgehead atoms. The first-order chi connectivity index (χ1) is 18.5. The van der Waals surface area contributed by atoms with Gasteiger partial charge in [0.25, 0.3) is 5.69 Å². The van der Waals surface area contributed by atoms with E-state index < -0.39 is 4.92 Å². The number of rotatable bonds is 7. The lowest BCUT2D eigenvalue weighted by atomic mass is 10.1. The molecule has 38 heavy (non-hydrogen) atoms. The molecule has 186 valence electrons. The highest BCUT2D eigenvalue weighted by Gasteiger charge is 2.20. The Hall–Kier alpha value is -4.75. The molecule has 0 aliphatic rings. The molecule has 3 aromatic heterocycles. The van der Waals surface area contributed by atoms with Crippen LogP contribution in [-0.2, 0) is 0 Å². The van der Waals surface area contributed by atoms with Crippen molar-refractivity contribution < 1.29 is 10.0 Å². The van der Waals surface area contributed by atoms with Crippen molar-refractivity contribution in [2.24, 2.45) is 4.99 Å². The number of para-hydroxylation sites is 2. The molecule has 0 fully saturated rings. The number of nitrogens with one attached hydrogen (secondary N) is 1. The zero-order valence-corrected chi connectivity index (χ0v) is 21.0. The van der Waals surface area contributed by atoms with Gasteiger partial charge in [-0.05, 0) is 24.3 Å². The second-order valence-corrected chi connectivity index (χ2v) is 9.92. The van der Waals surface area contributed by atoms with E-state index in [1.54, 1.807) is 42.5 Å². The molecule has 0 aliphatic carbocycles. The van der Waals surface area contributed by atoms with Gasteiger partial charge in [0.15, 0.2) is 5.65 Å². The highest BCUT2D eigenvalue weighted by atomic mass is 32.2. The van der Waals surface area contributed by atoms with Gasteiger partial charge in [-0.1, -0.05) is 65.6 Å². The van der Waals surface area contributed by atoms with Crippen LogP contribution >= 0.6 is 23.1 Å². The van der Waals surface area contributed by atoms with Gasteiger partial charge in [0.1, 0.15) is 16.3 Å². The molecule has 2 N–H and O–H groups in total. The zero-order valence-electron chi connectivity index (χ0n) is 19.3. The Bertz CT molecular complexity index is 1850. The molecule has 0 aliphatic heterocycles. The Balaban J connectivity index is 1.35. The van der Waals surface area contributed by atoms with Crippen LogP contribution in [-0.4, -0.2) is 51.9 Å². The minimum Gasteiger partial charge on any atom is -0.508 e. The quantitative estimate of drug-likeness (QED) is 0.115. The molecule has 6 rings (SSSR count). The second kappa shape index (κ2) is 9.95. The van der Waals surface area contributed by atoms with Crippen LogP contribution in [0.5, 0.6) is 5.75 Å². The van der Waals surface area contributed by atoms with Crippen molar-refractivity contribution in [1.82, 2.24) is 30.4 Å². The Kier molecular flexibility index (Phi) is 6.19. The van der Waals surface area contributed by atoms with Crippen LogP contribution in [0.25, 0.3) is 32.6 Å². The van der Waals surface area contributed by atoms with E-state index in [9.17, 15) is 15.2 Å². The number of phenolic OH excluding ortho intramolecular Hbond substituents is 1. The van der Waals surface area contributed by atoms with E-state index in [2.05, 4.69) is 35.4 Å². The van der Waals surface area contributed by atoms with Crippen molar-refractivity contribution in [2.45, 2.75) is 5.16 Å². The van der Waals surface area contributed by atoms with Gasteiger partial charge < -0.3 is 10.1 Å². The first-order valence-corrected chi connectivity index (χ1v) is 13.0. The summed E-state index contributed by atoms with van der Waals surface area (Å²) in [5.41, 5.74) is 3.58. The number of hydrogen-bond donors (Lipinski definition) is 2. The van der Waals surface area contributed by atoms with Gasteiger partial charge in [0, 0.05) is 28.3 Å². The van der Waals surface area contributed by atoms with Crippen molar-refractivity contribution in [3.05, 3.63) is 88.5 Å². The van der Waals surface area contributed by atoms with Crippen molar-refractivity contribution in [2.75, 3.05) is 5.75 Å². The van der Waals surface area contributed by atoms with E-state index in [0.717, 1.165) is 10.9 Å². The number of fused-ring (bicyclic) bond motifs is 3. The number of nitro benzene ring substituents is 1. The highest BCUT2D eigenvalue weighted by Crippen LogP contribution is 2.32. The predicted molar refractivity (Wildman–Crippen MR) is 146 cm³/mol. The summed E-state index contributed by atoms with van der Waals surface area (Å²) >= 11 is 2.47. The third kappa shape index (κ3) is 4.67. The Labute approximate surface area is 222 Å². The molecule has 11 nitrogen and oxygen atoms in total. The number of aromatic nitrogens is 6. The molecule has 0 atom stereocenters. The van der Waals surface area contributed by atoms with Crippen LogP contribution < -0.4 is 0 Å². The number of nitrogens with zero attached hydrogens (tertiary/aromatic N) is 7. The van der Waals surface area contributed by atoms with Gasteiger partial charge in [0.2, 0.25) is 10.3 Å². The Morgan fingerprint density at radius 2 is 1.87 bits per heavy atom. The van der Waals surface area contributed by atoms with E-state index in [1.807, 2.05) is 24.3 Å². The van der Waals surface area contributed by atoms with Crippen LogP contribution in [0.4, 0.5) is 10.8 Å².